The van der Waals surface area contributed by atoms with Gasteiger partial charge >= 0.3 is 0 Å². The number of halogens is 1. The Labute approximate surface area is 174 Å². The number of benzene rings is 3. The average Bonchev–Trinajstić information content (AvgIpc) is 2.74. The molecule has 0 atom stereocenters. The van der Waals surface area contributed by atoms with Gasteiger partial charge in [-0.15, -0.1) is 0 Å². The third-order valence-electron chi connectivity index (χ3n) is 4.58. The van der Waals surface area contributed by atoms with Crippen LogP contribution in [0.25, 0.3) is 33.6 Å². The maximum atomic E-state index is 11.9. The molecule has 0 unspecified atom stereocenters. The molecular formula is C23H17ClN2O2S. The fourth-order valence-corrected chi connectivity index (χ4v) is 3.96. The van der Waals surface area contributed by atoms with E-state index in [4.69, 9.17) is 21.7 Å². The van der Waals surface area contributed by atoms with Crippen LogP contribution in [0.2, 0.25) is 5.02 Å². The second-order valence-corrected chi connectivity index (χ2v) is 8.47. The van der Waals surface area contributed by atoms with E-state index in [1.54, 1.807) is 12.1 Å². The van der Waals surface area contributed by atoms with Gasteiger partial charge < -0.3 is 0 Å². The molecule has 0 bridgehead atoms. The van der Waals surface area contributed by atoms with Gasteiger partial charge in [0.15, 0.2) is 0 Å². The van der Waals surface area contributed by atoms with E-state index in [2.05, 4.69) is 0 Å². The minimum absolute atomic E-state index is 0.0390. The van der Waals surface area contributed by atoms with Gasteiger partial charge in [0.1, 0.15) is 0 Å². The monoisotopic (exact) mass is 420 g/mol. The summed E-state index contributed by atoms with van der Waals surface area (Å²) in [5.41, 5.74) is 4.63. The molecule has 0 radical (unpaired) electrons. The van der Waals surface area contributed by atoms with Crippen molar-refractivity contribution in [1.29, 1.82) is 0 Å². The van der Waals surface area contributed by atoms with Gasteiger partial charge in [-0.2, -0.15) is 0 Å². The van der Waals surface area contributed by atoms with Crippen molar-refractivity contribution in [3.05, 3.63) is 96.0 Å². The molecule has 4 nitrogen and oxygen atoms in total. The van der Waals surface area contributed by atoms with Gasteiger partial charge in [0.05, 0.1) is 16.3 Å². The molecule has 0 fully saturated rings. The molecule has 3 aromatic carbocycles. The van der Waals surface area contributed by atoms with Crippen LogP contribution in [0.15, 0.2) is 95.9 Å². The second-order valence-electron chi connectivity index (χ2n) is 6.51. The smallest absolute Gasteiger partial charge is 0.238 e. The Morgan fingerprint density at radius 2 is 1.34 bits per heavy atom. The van der Waals surface area contributed by atoms with E-state index in [9.17, 15) is 8.42 Å². The second kappa shape index (κ2) is 7.79. The van der Waals surface area contributed by atoms with Crippen molar-refractivity contribution in [2.24, 2.45) is 5.14 Å². The van der Waals surface area contributed by atoms with E-state index in [1.807, 2.05) is 72.8 Å². The van der Waals surface area contributed by atoms with Crippen LogP contribution in [0.4, 0.5) is 0 Å². The Morgan fingerprint density at radius 1 is 0.690 bits per heavy atom. The quantitative estimate of drug-likeness (QED) is 0.481. The van der Waals surface area contributed by atoms with Gasteiger partial charge in [-0.05, 0) is 41.5 Å². The number of nitrogens with zero attached hydrogens (tertiary/aromatic N) is 1. The number of rotatable bonds is 4. The third kappa shape index (κ3) is 4.07. The first kappa shape index (κ1) is 19.3. The fourth-order valence-electron chi connectivity index (χ4n) is 3.19. The Bertz CT molecular complexity index is 1290. The van der Waals surface area contributed by atoms with Gasteiger partial charge in [-0.1, -0.05) is 72.3 Å². The van der Waals surface area contributed by atoms with Crippen LogP contribution in [0.1, 0.15) is 0 Å². The van der Waals surface area contributed by atoms with Crippen LogP contribution < -0.4 is 5.14 Å². The van der Waals surface area contributed by atoms with Crippen LogP contribution in [0.3, 0.4) is 0 Å². The maximum absolute atomic E-state index is 11.9. The molecule has 0 spiro atoms. The normalized spacial score (nSPS) is 11.4. The summed E-state index contributed by atoms with van der Waals surface area (Å²) in [5, 5.41) is 5.96. The topological polar surface area (TPSA) is 73.1 Å². The molecule has 0 aliphatic rings. The predicted molar refractivity (Wildman–Crippen MR) is 117 cm³/mol. The number of aromatic nitrogens is 1. The molecule has 4 rings (SSSR count). The lowest BCUT2D eigenvalue weighted by atomic mass is 9.97. The van der Waals surface area contributed by atoms with Crippen molar-refractivity contribution >= 4 is 21.6 Å². The number of hydrogen-bond donors (Lipinski definition) is 1. The lowest BCUT2D eigenvalue weighted by molar-refractivity contribution is 0.598. The largest absolute Gasteiger partial charge is 0.248 e. The Balaban J connectivity index is 1.94. The van der Waals surface area contributed by atoms with E-state index in [1.165, 1.54) is 6.07 Å². The first-order valence-corrected chi connectivity index (χ1v) is 10.8. The molecule has 0 aliphatic heterocycles. The van der Waals surface area contributed by atoms with Crippen molar-refractivity contribution in [3.63, 3.8) is 0 Å². The van der Waals surface area contributed by atoms with Crippen LogP contribution in [-0.4, -0.2) is 13.4 Å². The van der Waals surface area contributed by atoms with E-state index in [0.29, 0.717) is 22.0 Å². The average molecular weight is 421 g/mol. The number of nitrogens with two attached hydrogens (primary N) is 1. The molecule has 2 N–H and O–H groups in total. The van der Waals surface area contributed by atoms with Crippen molar-refractivity contribution < 1.29 is 8.42 Å². The summed E-state index contributed by atoms with van der Waals surface area (Å²) < 4.78 is 23.9. The predicted octanol–water partition coefficient (Wildman–Crippen LogP) is 5.38. The Morgan fingerprint density at radius 3 is 2.03 bits per heavy atom. The number of primary sulfonamides is 1. The zero-order chi connectivity index (χ0) is 20.4. The first-order valence-electron chi connectivity index (χ1n) is 8.88. The number of hydrogen-bond acceptors (Lipinski definition) is 3. The molecule has 29 heavy (non-hydrogen) atoms. The number of pyridine rings is 1. The van der Waals surface area contributed by atoms with E-state index in [-0.39, 0.29) is 4.90 Å². The highest BCUT2D eigenvalue weighted by molar-refractivity contribution is 7.89. The molecule has 1 heterocycles. The van der Waals surface area contributed by atoms with E-state index < -0.39 is 10.0 Å². The van der Waals surface area contributed by atoms with Crippen LogP contribution in [0.5, 0.6) is 0 Å². The Hall–Kier alpha value is -2.99. The van der Waals surface area contributed by atoms with Gasteiger partial charge in [0.2, 0.25) is 10.0 Å². The van der Waals surface area contributed by atoms with Gasteiger partial charge in [0.25, 0.3) is 0 Å². The van der Waals surface area contributed by atoms with E-state index in [0.717, 1.165) is 16.7 Å². The Kier molecular flexibility index (Phi) is 5.20. The molecule has 6 heteroatoms. The molecular weight excluding hydrogens is 404 g/mol. The first-order chi connectivity index (χ1) is 13.9. The van der Waals surface area contributed by atoms with Gasteiger partial charge in [-0.25, -0.2) is 18.5 Å². The molecule has 1 aromatic heterocycles. The van der Waals surface area contributed by atoms with Gasteiger partial charge in [0, 0.05) is 16.1 Å². The van der Waals surface area contributed by atoms with Crippen molar-refractivity contribution in [1.82, 2.24) is 4.98 Å². The highest BCUT2D eigenvalue weighted by Gasteiger charge is 2.16. The van der Waals surface area contributed by atoms with E-state index >= 15 is 0 Å². The molecule has 144 valence electrons. The van der Waals surface area contributed by atoms with Crippen LogP contribution >= 0.6 is 11.6 Å². The summed E-state index contributed by atoms with van der Waals surface area (Å²) in [6, 6.07) is 27.6. The summed E-state index contributed by atoms with van der Waals surface area (Å²) in [6.45, 7) is 0. The molecule has 0 aliphatic carbocycles. The summed E-state index contributed by atoms with van der Waals surface area (Å²) in [7, 11) is -3.85. The number of sulfonamides is 1. The standard InChI is InChI=1S/C23H17ClN2O2S/c24-21-10-5-4-9-19(21)22-11-6-12-23(26-22)20-15-17(29(25,27)28)13-14-18(20)16-7-2-1-3-8-16/h1-15H,(H2,25,27,28). The molecule has 4 aromatic rings. The molecule has 0 saturated heterocycles. The summed E-state index contributed by atoms with van der Waals surface area (Å²) >= 11 is 6.33. The summed E-state index contributed by atoms with van der Waals surface area (Å²) in [4.78, 5) is 4.80. The molecule has 0 amide bonds. The minimum atomic E-state index is -3.85. The lowest BCUT2D eigenvalue weighted by Crippen LogP contribution is -2.12. The van der Waals surface area contributed by atoms with Crippen LogP contribution in [0, 0.1) is 0 Å². The summed E-state index contributed by atoms with van der Waals surface area (Å²) in [5.74, 6) is 0. The van der Waals surface area contributed by atoms with Crippen molar-refractivity contribution in [2.45, 2.75) is 4.90 Å². The molecule has 0 saturated carbocycles. The van der Waals surface area contributed by atoms with Gasteiger partial charge in [-0.3, -0.25) is 0 Å². The summed E-state index contributed by atoms with van der Waals surface area (Å²) in [6.07, 6.45) is 0. The third-order valence-corrected chi connectivity index (χ3v) is 5.82. The minimum Gasteiger partial charge on any atom is -0.248 e. The van der Waals surface area contributed by atoms with Crippen LogP contribution in [-0.2, 0) is 10.0 Å². The van der Waals surface area contributed by atoms with Crippen molar-refractivity contribution in [2.75, 3.05) is 0 Å². The zero-order valence-electron chi connectivity index (χ0n) is 15.3. The maximum Gasteiger partial charge on any atom is 0.238 e. The highest BCUT2D eigenvalue weighted by Crippen LogP contribution is 2.34. The zero-order valence-corrected chi connectivity index (χ0v) is 16.9. The highest BCUT2D eigenvalue weighted by atomic mass is 35.5. The van der Waals surface area contributed by atoms with Crippen molar-refractivity contribution in [3.8, 4) is 33.6 Å². The SMILES string of the molecule is NS(=O)(=O)c1ccc(-c2ccccc2)c(-c2cccc(-c3ccccc3Cl)n2)c1. The lowest BCUT2D eigenvalue weighted by Gasteiger charge is -2.13. The fraction of sp³-hybridized carbons (Fsp3) is 0.